The number of hydrogen-bond acceptors (Lipinski definition) is 6. The molecule has 11 heteroatoms. The molecular formula is C10H8FN3O5S2. The maximum absolute atomic E-state index is 13.8. The summed E-state index contributed by atoms with van der Waals surface area (Å²) in [7, 11) is -4.76. The Hall–Kier alpha value is -1.72. The molecule has 0 bridgehead atoms. The van der Waals surface area contributed by atoms with E-state index in [9.17, 15) is 22.4 Å². The maximum Gasteiger partial charge on any atom is 0.330 e. The van der Waals surface area contributed by atoms with Crippen LogP contribution in [0, 0.1) is 5.82 Å². The van der Waals surface area contributed by atoms with Gasteiger partial charge in [-0.2, -0.15) is 8.42 Å². The van der Waals surface area contributed by atoms with E-state index in [-0.39, 0.29) is 27.9 Å². The number of hydrogen-bond donors (Lipinski definition) is 2. The summed E-state index contributed by atoms with van der Waals surface area (Å²) in [4.78, 5) is 29.3. The second-order valence-electron chi connectivity index (χ2n) is 4.52. The minimum Gasteiger partial charge on any atom is -0.277 e. The first-order valence-electron chi connectivity index (χ1n) is 5.78. The second kappa shape index (κ2) is 4.64. The van der Waals surface area contributed by atoms with Crippen molar-refractivity contribution < 1.29 is 17.4 Å². The van der Waals surface area contributed by atoms with Crippen LogP contribution in [0.5, 0.6) is 0 Å². The third-order valence-electron chi connectivity index (χ3n) is 2.93. The standard InChI is InChI=1S/C10H8FN3O5S2/c11-6-3-5-7(12-9(6)20-21(17,18)19)14(4-1-2-4)10(16)13-8(5)15/h3-4H,1-2H2,(H,13,15,16)(H,17,18,19). The van der Waals surface area contributed by atoms with Crippen molar-refractivity contribution in [2.75, 3.05) is 0 Å². The molecule has 3 rings (SSSR count). The summed E-state index contributed by atoms with van der Waals surface area (Å²) in [6, 6.07) is 0.644. The summed E-state index contributed by atoms with van der Waals surface area (Å²) in [5.41, 5.74) is -1.59. The number of nitrogens with zero attached hydrogens (tertiary/aromatic N) is 2. The Morgan fingerprint density at radius 2 is 2.10 bits per heavy atom. The van der Waals surface area contributed by atoms with Crippen molar-refractivity contribution in [3.63, 3.8) is 0 Å². The van der Waals surface area contributed by atoms with Gasteiger partial charge in [-0.25, -0.2) is 14.2 Å². The number of H-pyrrole nitrogens is 1. The van der Waals surface area contributed by atoms with Gasteiger partial charge < -0.3 is 0 Å². The topological polar surface area (TPSA) is 122 Å². The third-order valence-corrected chi connectivity index (χ3v) is 4.69. The number of pyridine rings is 1. The molecule has 1 aliphatic carbocycles. The van der Waals surface area contributed by atoms with Gasteiger partial charge in [0, 0.05) is 6.04 Å². The van der Waals surface area contributed by atoms with Gasteiger partial charge in [-0.1, -0.05) is 0 Å². The fraction of sp³-hybridized carbons (Fsp3) is 0.300. The predicted molar refractivity (Wildman–Crippen MR) is 72.3 cm³/mol. The van der Waals surface area contributed by atoms with Crippen molar-refractivity contribution in [1.29, 1.82) is 0 Å². The van der Waals surface area contributed by atoms with Crippen LogP contribution in [0.3, 0.4) is 0 Å². The second-order valence-corrected chi connectivity index (χ2v) is 7.69. The molecule has 0 aromatic carbocycles. The van der Waals surface area contributed by atoms with Gasteiger partial charge in [0.2, 0.25) is 0 Å². The van der Waals surface area contributed by atoms with Crippen LogP contribution in [0.1, 0.15) is 18.9 Å². The minimum atomic E-state index is -4.57. The van der Waals surface area contributed by atoms with Crippen LogP contribution >= 0.6 is 10.8 Å². The number of aromatic amines is 1. The minimum absolute atomic E-state index is 0.0983. The summed E-state index contributed by atoms with van der Waals surface area (Å²) >= 11 is 0. The Morgan fingerprint density at radius 1 is 1.43 bits per heavy atom. The van der Waals surface area contributed by atoms with E-state index < -0.39 is 31.2 Å². The van der Waals surface area contributed by atoms with Gasteiger partial charge in [0.1, 0.15) is 0 Å². The molecule has 112 valence electrons. The molecule has 0 atom stereocenters. The molecule has 0 aliphatic heterocycles. The fourth-order valence-corrected chi connectivity index (χ4v) is 3.38. The molecular weight excluding hydrogens is 325 g/mol. The van der Waals surface area contributed by atoms with Gasteiger partial charge >= 0.3 is 14.8 Å². The van der Waals surface area contributed by atoms with Crippen LogP contribution in [0.4, 0.5) is 4.39 Å². The lowest BCUT2D eigenvalue weighted by atomic mass is 10.3. The Kier molecular flexibility index (Phi) is 3.15. The van der Waals surface area contributed by atoms with E-state index in [1.54, 1.807) is 0 Å². The molecule has 0 unspecified atom stereocenters. The van der Waals surface area contributed by atoms with Gasteiger partial charge in [-0.15, -0.1) is 0 Å². The van der Waals surface area contributed by atoms with Crippen LogP contribution in [0.2, 0.25) is 0 Å². The normalized spacial score (nSPS) is 15.5. The Balaban J connectivity index is 2.35. The number of halogens is 1. The molecule has 0 amide bonds. The van der Waals surface area contributed by atoms with Crippen molar-refractivity contribution in [2.24, 2.45) is 0 Å². The van der Waals surface area contributed by atoms with Gasteiger partial charge in [0.15, 0.2) is 16.5 Å². The van der Waals surface area contributed by atoms with Crippen LogP contribution in [0.25, 0.3) is 11.0 Å². The van der Waals surface area contributed by atoms with E-state index in [2.05, 4.69) is 9.97 Å². The molecule has 0 spiro atoms. The molecule has 21 heavy (non-hydrogen) atoms. The summed E-state index contributed by atoms with van der Waals surface area (Å²) in [5.74, 6) is -1.07. The van der Waals surface area contributed by atoms with E-state index in [1.165, 1.54) is 4.57 Å². The lowest BCUT2D eigenvalue weighted by Crippen LogP contribution is -2.30. The number of nitrogens with one attached hydrogen (secondary N) is 1. The molecule has 0 radical (unpaired) electrons. The molecule has 1 aliphatic rings. The summed E-state index contributed by atoms with van der Waals surface area (Å²) in [6.45, 7) is 0. The van der Waals surface area contributed by atoms with Crippen LogP contribution in [-0.2, 0) is 9.15 Å². The van der Waals surface area contributed by atoms with Crippen molar-refractivity contribution >= 4 is 31.0 Å². The maximum atomic E-state index is 13.8. The van der Waals surface area contributed by atoms with Crippen molar-refractivity contribution in [1.82, 2.24) is 14.5 Å². The monoisotopic (exact) mass is 333 g/mol. The van der Waals surface area contributed by atoms with E-state index in [4.69, 9.17) is 4.55 Å². The van der Waals surface area contributed by atoms with E-state index in [1.807, 2.05) is 0 Å². The van der Waals surface area contributed by atoms with Gasteiger partial charge in [0.05, 0.1) is 16.2 Å². The first kappa shape index (κ1) is 14.2. The Morgan fingerprint density at radius 3 is 2.67 bits per heavy atom. The van der Waals surface area contributed by atoms with Crippen LogP contribution in [-0.4, -0.2) is 27.5 Å². The molecule has 2 N–H and O–H groups in total. The Bertz CT molecular complexity index is 961. The van der Waals surface area contributed by atoms with E-state index >= 15 is 0 Å². The average molecular weight is 333 g/mol. The predicted octanol–water partition coefficient (Wildman–Crippen LogP) is 0.454. The van der Waals surface area contributed by atoms with Crippen molar-refractivity contribution in [3.05, 3.63) is 32.7 Å². The zero-order chi connectivity index (χ0) is 15.4. The lowest BCUT2D eigenvalue weighted by Gasteiger charge is -2.08. The van der Waals surface area contributed by atoms with Crippen molar-refractivity contribution in [3.8, 4) is 0 Å². The highest BCUT2D eigenvalue weighted by molar-refractivity contribution is 8.69. The van der Waals surface area contributed by atoms with Crippen LogP contribution in [0.15, 0.2) is 20.7 Å². The highest BCUT2D eigenvalue weighted by Crippen LogP contribution is 2.35. The smallest absolute Gasteiger partial charge is 0.277 e. The molecule has 1 fully saturated rings. The highest BCUT2D eigenvalue weighted by Gasteiger charge is 2.28. The third kappa shape index (κ3) is 2.71. The van der Waals surface area contributed by atoms with E-state index in [0.717, 1.165) is 6.07 Å². The number of fused-ring (bicyclic) bond motifs is 1. The molecule has 2 heterocycles. The quantitative estimate of drug-likeness (QED) is 0.618. The summed E-state index contributed by atoms with van der Waals surface area (Å²) in [5, 5.41) is -0.775. The molecule has 8 nitrogen and oxygen atoms in total. The Labute approximate surface area is 120 Å². The molecule has 2 aromatic heterocycles. The fourth-order valence-electron chi connectivity index (χ4n) is 1.96. The number of aromatic nitrogens is 3. The SMILES string of the molecule is O=c1[nH]c(=O)n(C2CC2)c2nc(SS(=O)(=O)O)c(F)cc12. The van der Waals surface area contributed by atoms with E-state index in [0.29, 0.717) is 12.8 Å². The molecule has 0 saturated heterocycles. The summed E-state index contributed by atoms with van der Waals surface area (Å²) < 4.78 is 45.4. The zero-order valence-electron chi connectivity index (χ0n) is 10.2. The zero-order valence-corrected chi connectivity index (χ0v) is 11.9. The first-order chi connectivity index (χ1) is 9.76. The van der Waals surface area contributed by atoms with Gasteiger partial charge in [0.25, 0.3) is 5.56 Å². The molecule has 1 saturated carbocycles. The number of rotatable bonds is 3. The first-order valence-corrected chi connectivity index (χ1v) is 8.55. The average Bonchev–Trinajstić information content (AvgIpc) is 3.14. The van der Waals surface area contributed by atoms with Gasteiger partial charge in [-0.05, 0) is 18.9 Å². The highest BCUT2D eigenvalue weighted by atomic mass is 33.1. The largest absolute Gasteiger partial charge is 0.330 e. The lowest BCUT2D eigenvalue weighted by molar-refractivity contribution is 0.502. The van der Waals surface area contributed by atoms with Gasteiger partial charge in [-0.3, -0.25) is 18.9 Å². The van der Waals surface area contributed by atoms with Crippen molar-refractivity contribution in [2.45, 2.75) is 23.9 Å². The van der Waals surface area contributed by atoms with Crippen LogP contribution < -0.4 is 11.2 Å². The molecule has 2 aromatic rings. The summed E-state index contributed by atoms with van der Waals surface area (Å²) in [6.07, 6.45) is 1.42.